The number of aryl methyl sites for hydroxylation is 1. The van der Waals surface area contributed by atoms with Gasteiger partial charge in [-0.1, -0.05) is 25.1 Å². The van der Waals surface area contributed by atoms with E-state index in [2.05, 4.69) is 6.92 Å². The van der Waals surface area contributed by atoms with Gasteiger partial charge in [-0.15, -0.1) is 0 Å². The van der Waals surface area contributed by atoms with E-state index in [1.54, 1.807) is 7.11 Å². The number of carbonyl (C=O) groups is 1. The Labute approximate surface area is 101 Å². The monoisotopic (exact) mass is 234 g/mol. The summed E-state index contributed by atoms with van der Waals surface area (Å²) in [6.07, 6.45) is 3.00. The molecule has 3 heteroatoms. The lowest BCUT2D eigenvalue weighted by Crippen LogP contribution is -2.14. The van der Waals surface area contributed by atoms with E-state index in [4.69, 9.17) is 9.84 Å². The first kappa shape index (κ1) is 12.0. The van der Waals surface area contributed by atoms with Crippen LogP contribution >= 0.6 is 0 Å². The van der Waals surface area contributed by atoms with Crippen molar-refractivity contribution in [3.8, 4) is 5.75 Å². The Hall–Kier alpha value is -1.51. The Balaban J connectivity index is 2.41. The maximum absolute atomic E-state index is 10.9. The first-order valence-corrected chi connectivity index (χ1v) is 6.01. The van der Waals surface area contributed by atoms with Gasteiger partial charge in [0.15, 0.2) is 0 Å². The molecule has 1 aliphatic carbocycles. The minimum absolute atomic E-state index is 0.178. The Morgan fingerprint density at radius 3 is 2.65 bits per heavy atom. The van der Waals surface area contributed by atoms with Crippen molar-refractivity contribution >= 4 is 5.97 Å². The van der Waals surface area contributed by atoms with Crippen LogP contribution in [0.3, 0.4) is 0 Å². The van der Waals surface area contributed by atoms with Gasteiger partial charge in [-0.05, 0) is 24.8 Å². The van der Waals surface area contributed by atoms with Gasteiger partial charge in [0.2, 0.25) is 0 Å². The molecule has 1 N–H and O–H groups in total. The normalized spacial score (nSPS) is 16.6. The third kappa shape index (κ3) is 2.14. The zero-order valence-electron chi connectivity index (χ0n) is 10.3. The van der Waals surface area contributed by atoms with Crippen LogP contribution in [0, 0.1) is 0 Å². The summed E-state index contributed by atoms with van der Waals surface area (Å²) in [6.45, 7) is 2.08. The molecule has 0 radical (unpaired) electrons. The predicted molar refractivity (Wildman–Crippen MR) is 65.5 cm³/mol. The van der Waals surface area contributed by atoms with Crippen LogP contribution in [0.5, 0.6) is 5.75 Å². The summed E-state index contributed by atoms with van der Waals surface area (Å²) in [5.41, 5.74) is 2.05. The van der Waals surface area contributed by atoms with Gasteiger partial charge < -0.3 is 9.84 Å². The number of rotatable bonds is 5. The molecule has 2 rings (SSSR count). The van der Waals surface area contributed by atoms with Crippen molar-refractivity contribution in [3.05, 3.63) is 29.3 Å². The van der Waals surface area contributed by atoms with Gasteiger partial charge in [-0.2, -0.15) is 0 Å². The number of ether oxygens (including phenoxy) is 1. The number of aliphatic carboxylic acids is 1. The van der Waals surface area contributed by atoms with E-state index in [-0.39, 0.29) is 11.8 Å². The molecular weight excluding hydrogens is 216 g/mol. The molecule has 0 unspecified atom stereocenters. The van der Waals surface area contributed by atoms with Crippen LogP contribution in [-0.2, 0) is 16.6 Å². The molecule has 0 aliphatic heterocycles. The number of carboxylic acids is 1. The number of para-hydroxylation sites is 1. The molecular formula is C14H18O3. The summed E-state index contributed by atoms with van der Waals surface area (Å²) in [5.74, 6) is 0.153. The van der Waals surface area contributed by atoms with Crippen LogP contribution in [0.15, 0.2) is 18.2 Å². The molecule has 3 nitrogen and oxygen atoms in total. The van der Waals surface area contributed by atoms with Crippen molar-refractivity contribution in [1.29, 1.82) is 0 Å². The molecule has 0 bridgehead atoms. The number of hydrogen-bond donors (Lipinski definition) is 1. The van der Waals surface area contributed by atoms with Crippen LogP contribution < -0.4 is 4.74 Å². The number of benzene rings is 1. The fourth-order valence-corrected chi connectivity index (χ4v) is 2.50. The van der Waals surface area contributed by atoms with Crippen molar-refractivity contribution in [3.63, 3.8) is 0 Å². The Kier molecular flexibility index (Phi) is 3.09. The molecule has 1 fully saturated rings. The van der Waals surface area contributed by atoms with E-state index in [1.807, 2.05) is 18.2 Å². The van der Waals surface area contributed by atoms with Crippen LogP contribution in [0.25, 0.3) is 0 Å². The van der Waals surface area contributed by atoms with Crippen molar-refractivity contribution in [1.82, 2.24) is 0 Å². The third-order valence-electron chi connectivity index (χ3n) is 3.60. The second-order valence-electron chi connectivity index (χ2n) is 4.70. The van der Waals surface area contributed by atoms with E-state index >= 15 is 0 Å². The summed E-state index contributed by atoms with van der Waals surface area (Å²) < 4.78 is 5.48. The molecule has 1 aliphatic rings. The zero-order chi connectivity index (χ0) is 12.5. The average Bonchev–Trinajstić information content (AvgIpc) is 3.07. The summed E-state index contributed by atoms with van der Waals surface area (Å²) in [5, 5.41) is 9.00. The molecule has 0 amide bonds. The van der Waals surface area contributed by atoms with Gasteiger partial charge in [0.25, 0.3) is 0 Å². The van der Waals surface area contributed by atoms with Crippen LogP contribution in [0.1, 0.15) is 37.3 Å². The molecule has 1 aromatic carbocycles. The largest absolute Gasteiger partial charge is 0.496 e. The van der Waals surface area contributed by atoms with Crippen molar-refractivity contribution in [2.45, 2.75) is 38.0 Å². The Morgan fingerprint density at radius 1 is 1.47 bits per heavy atom. The number of hydrogen-bond acceptors (Lipinski definition) is 2. The van der Waals surface area contributed by atoms with Crippen molar-refractivity contribution < 1.29 is 14.6 Å². The van der Waals surface area contributed by atoms with Gasteiger partial charge in [0.05, 0.1) is 13.5 Å². The highest BCUT2D eigenvalue weighted by atomic mass is 16.5. The standard InChI is InChI=1S/C14H18O3/c1-3-10-5-4-6-11(13(10)17-2)14(7-8-14)9-12(15)16/h4-6H,3,7-9H2,1-2H3,(H,15,16). The lowest BCUT2D eigenvalue weighted by Gasteiger charge is -2.19. The summed E-state index contributed by atoms with van der Waals surface area (Å²) in [6, 6.07) is 6.05. The second-order valence-corrected chi connectivity index (χ2v) is 4.70. The predicted octanol–water partition coefficient (Wildman–Crippen LogP) is 2.76. The van der Waals surface area contributed by atoms with Gasteiger partial charge in [-0.25, -0.2) is 0 Å². The lowest BCUT2D eigenvalue weighted by atomic mass is 9.89. The van der Waals surface area contributed by atoms with Crippen LogP contribution in [0.4, 0.5) is 0 Å². The van der Waals surface area contributed by atoms with Gasteiger partial charge in [0, 0.05) is 11.0 Å². The van der Waals surface area contributed by atoms with Gasteiger partial charge in [0.1, 0.15) is 5.75 Å². The van der Waals surface area contributed by atoms with Crippen LogP contribution in [0.2, 0.25) is 0 Å². The van der Waals surface area contributed by atoms with E-state index in [0.29, 0.717) is 0 Å². The topological polar surface area (TPSA) is 46.5 Å². The van der Waals surface area contributed by atoms with E-state index < -0.39 is 5.97 Å². The fraction of sp³-hybridized carbons (Fsp3) is 0.500. The quantitative estimate of drug-likeness (QED) is 0.852. The molecule has 1 aromatic rings. The first-order chi connectivity index (χ1) is 8.13. The fourth-order valence-electron chi connectivity index (χ4n) is 2.50. The van der Waals surface area contributed by atoms with Crippen molar-refractivity contribution in [2.24, 2.45) is 0 Å². The maximum Gasteiger partial charge on any atom is 0.304 e. The first-order valence-electron chi connectivity index (χ1n) is 6.01. The SMILES string of the molecule is CCc1cccc(C2(CC(=O)O)CC2)c1OC. The average molecular weight is 234 g/mol. The number of methoxy groups -OCH3 is 1. The summed E-state index contributed by atoms with van der Waals surface area (Å²) >= 11 is 0. The van der Waals surface area contributed by atoms with Crippen molar-refractivity contribution in [2.75, 3.05) is 7.11 Å². The van der Waals surface area contributed by atoms with Gasteiger partial charge >= 0.3 is 5.97 Å². The van der Waals surface area contributed by atoms with E-state index in [0.717, 1.165) is 36.1 Å². The highest BCUT2D eigenvalue weighted by Gasteiger charge is 2.47. The minimum Gasteiger partial charge on any atom is -0.496 e. The van der Waals surface area contributed by atoms with E-state index in [1.165, 1.54) is 0 Å². The number of carboxylic acid groups (broad SMARTS) is 1. The zero-order valence-corrected chi connectivity index (χ0v) is 10.3. The molecule has 1 saturated carbocycles. The van der Waals surface area contributed by atoms with E-state index in [9.17, 15) is 4.79 Å². The Morgan fingerprint density at radius 2 is 2.18 bits per heavy atom. The molecule has 17 heavy (non-hydrogen) atoms. The molecule has 0 heterocycles. The molecule has 0 saturated heterocycles. The Bertz CT molecular complexity index is 433. The summed E-state index contributed by atoms with van der Waals surface area (Å²) in [4.78, 5) is 10.9. The molecule has 0 aromatic heterocycles. The smallest absolute Gasteiger partial charge is 0.304 e. The second kappa shape index (κ2) is 4.40. The van der Waals surface area contributed by atoms with Gasteiger partial charge in [-0.3, -0.25) is 4.79 Å². The highest BCUT2D eigenvalue weighted by molar-refractivity contribution is 5.70. The molecule has 92 valence electrons. The summed E-state index contributed by atoms with van der Waals surface area (Å²) in [7, 11) is 1.66. The minimum atomic E-state index is -0.730. The third-order valence-corrected chi connectivity index (χ3v) is 3.60. The molecule has 0 spiro atoms. The maximum atomic E-state index is 10.9. The highest BCUT2D eigenvalue weighted by Crippen LogP contribution is 2.54. The van der Waals surface area contributed by atoms with Crippen LogP contribution in [-0.4, -0.2) is 18.2 Å². The lowest BCUT2D eigenvalue weighted by molar-refractivity contribution is -0.137. The molecule has 0 atom stereocenters.